The van der Waals surface area contributed by atoms with Crippen LogP contribution in [-0.4, -0.2) is 39.3 Å². The molecule has 126 valence electrons. The number of likely N-dealkylation sites (tertiary alicyclic amines) is 1. The molecule has 1 saturated heterocycles. The fraction of sp³-hybridized carbons (Fsp3) is 0.200. The summed E-state index contributed by atoms with van der Waals surface area (Å²) in [7, 11) is 0. The minimum absolute atomic E-state index is 0.334. The van der Waals surface area contributed by atoms with Crippen molar-refractivity contribution in [2.45, 2.75) is 12.5 Å². The third-order valence-electron chi connectivity index (χ3n) is 4.75. The summed E-state index contributed by atoms with van der Waals surface area (Å²) >= 11 is 0. The van der Waals surface area contributed by atoms with E-state index >= 15 is 0 Å². The van der Waals surface area contributed by atoms with Gasteiger partial charge in [0.2, 0.25) is 0 Å². The predicted octanol–water partition coefficient (Wildman–Crippen LogP) is 3.37. The van der Waals surface area contributed by atoms with Gasteiger partial charge in [-0.15, -0.1) is 0 Å². The first-order valence-corrected chi connectivity index (χ1v) is 8.34. The Morgan fingerprint density at radius 3 is 2.56 bits per heavy atom. The number of hydrogen-bond donors (Lipinski definition) is 2. The Morgan fingerprint density at radius 2 is 1.88 bits per heavy atom. The first kappa shape index (κ1) is 15.6. The fourth-order valence-electron chi connectivity index (χ4n) is 3.36. The topological polar surface area (TPSA) is 69.2 Å². The molecule has 0 aliphatic carbocycles. The van der Waals surface area contributed by atoms with Gasteiger partial charge in [0.25, 0.3) is 0 Å². The lowest BCUT2D eigenvalue weighted by Gasteiger charge is -2.38. The second kappa shape index (κ2) is 6.53. The van der Waals surface area contributed by atoms with Crippen LogP contribution in [0.2, 0.25) is 0 Å². The van der Waals surface area contributed by atoms with Gasteiger partial charge in [0.05, 0.1) is 5.56 Å². The van der Waals surface area contributed by atoms with Gasteiger partial charge < -0.3 is 5.11 Å². The maximum atomic E-state index is 11.4. The number of aromatic nitrogens is 2. The Labute approximate surface area is 145 Å². The van der Waals surface area contributed by atoms with Gasteiger partial charge in [0, 0.05) is 37.4 Å². The molecule has 4 rings (SSSR count). The van der Waals surface area contributed by atoms with Crippen molar-refractivity contribution >= 4 is 5.97 Å². The normalized spacial score (nSPS) is 15.0. The number of nitrogens with zero attached hydrogens (tertiary/aromatic N) is 2. The van der Waals surface area contributed by atoms with Crippen LogP contribution in [0.5, 0.6) is 0 Å². The third-order valence-corrected chi connectivity index (χ3v) is 4.75. The van der Waals surface area contributed by atoms with Gasteiger partial charge >= 0.3 is 5.97 Å². The van der Waals surface area contributed by atoms with E-state index < -0.39 is 5.97 Å². The molecule has 0 amide bonds. The molecule has 5 heteroatoms. The van der Waals surface area contributed by atoms with Crippen LogP contribution in [-0.2, 0) is 6.54 Å². The SMILES string of the molecule is O=C(O)c1ccccc1-c1ccc(CN2CC(c3ccn[nH]3)C2)cc1. The monoisotopic (exact) mass is 333 g/mol. The molecular weight excluding hydrogens is 314 g/mol. The zero-order chi connectivity index (χ0) is 17.2. The van der Waals surface area contributed by atoms with Gasteiger partial charge in [0.15, 0.2) is 0 Å². The quantitative estimate of drug-likeness (QED) is 0.751. The third kappa shape index (κ3) is 3.19. The van der Waals surface area contributed by atoms with Crippen molar-refractivity contribution in [1.82, 2.24) is 15.1 Å². The largest absolute Gasteiger partial charge is 0.478 e. The van der Waals surface area contributed by atoms with Gasteiger partial charge in [-0.05, 0) is 28.8 Å². The van der Waals surface area contributed by atoms with Gasteiger partial charge in [-0.1, -0.05) is 42.5 Å². The van der Waals surface area contributed by atoms with Crippen LogP contribution in [0.3, 0.4) is 0 Å². The number of nitrogens with one attached hydrogen (secondary N) is 1. The molecule has 0 bridgehead atoms. The standard InChI is InChI=1S/C20H19N3O2/c24-20(25)18-4-2-1-3-17(18)15-7-5-14(6-8-15)11-23-12-16(13-23)19-9-10-21-22-19/h1-10,16H,11-13H2,(H,21,22)(H,24,25). The van der Waals surface area contributed by atoms with Crippen molar-refractivity contribution in [2.75, 3.05) is 13.1 Å². The number of hydrogen-bond acceptors (Lipinski definition) is 3. The number of rotatable bonds is 5. The summed E-state index contributed by atoms with van der Waals surface area (Å²) in [4.78, 5) is 13.8. The number of carboxylic acids is 1. The predicted molar refractivity (Wildman–Crippen MR) is 95.4 cm³/mol. The summed E-state index contributed by atoms with van der Waals surface area (Å²) in [6.07, 6.45) is 1.80. The van der Waals surface area contributed by atoms with E-state index in [1.165, 1.54) is 11.3 Å². The van der Waals surface area contributed by atoms with E-state index in [1.807, 2.05) is 30.3 Å². The molecule has 25 heavy (non-hydrogen) atoms. The van der Waals surface area contributed by atoms with Crippen molar-refractivity contribution < 1.29 is 9.90 Å². The van der Waals surface area contributed by atoms with Crippen LogP contribution in [0.4, 0.5) is 0 Å². The Bertz CT molecular complexity index is 866. The first-order chi connectivity index (χ1) is 12.2. The van der Waals surface area contributed by atoms with Crippen LogP contribution in [0.15, 0.2) is 60.8 Å². The van der Waals surface area contributed by atoms with E-state index in [2.05, 4.69) is 27.2 Å². The van der Waals surface area contributed by atoms with Gasteiger partial charge in [-0.2, -0.15) is 5.10 Å². The number of aromatic carboxylic acids is 1. The summed E-state index contributed by atoms with van der Waals surface area (Å²) in [6, 6.07) is 17.3. The second-order valence-electron chi connectivity index (χ2n) is 6.45. The Kier molecular flexibility index (Phi) is 4.07. The molecule has 2 heterocycles. The molecule has 0 spiro atoms. The first-order valence-electron chi connectivity index (χ1n) is 8.34. The Hall–Kier alpha value is -2.92. The number of carboxylic acid groups (broad SMARTS) is 1. The smallest absolute Gasteiger partial charge is 0.336 e. The zero-order valence-electron chi connectivity index (χ0n) is 13.7. The van der Waals surface area contributed by atoms with Crippen molar-refractivity contribution in [2.24, 2.45) is 0 Å². The molecule has 5 nitrogen and oxygen atoms in total. The highest BCUT2D eigenvalue weighted by Gasteiger charge is 2.28. The highest BCUT2D eigenvalue weighted by molar-refractivity contribution is 5.95. The molecule has 0 radical (unpaired) electrons. The van der Waals surface area contributed by atoms with Gasteiger partial charge in [-0.3, -0.25) is 10.00 Å². The summed E-state index contributed by atoms with van der Waals surface area (Å²) in [5.74, 6) is -0.352. The highest BCUT2D eigenvalue weighted by Crippen LogP contribution is 2.28. The highest BCUT2D eigenvalue weighted by atomic mass is 16.4. The molecular formula is C20H19N3O2. The number of aromatic amines is 1. The summed E-state index contributed by atoms with van der Waals surface area (Å²) < 4.78 is 0. The van der Waals surface area contributed by atoms with Crippen LogP contribution < -0.4 is 0 Å². The number of H-pyrrole nitrogens is 1. The lowest BCUT2D eigenvalue weighted by molar-refractivity contribution is 0.0697. The zero-order valence-corrected chi connectivity index (χ0v) is 13.7. The maximum absolute atomic E-state index is 11.4. The van der Waals surface area contributed by atoms with Crippen molar-refractivity contribution in [3.63, 3.8) is 0 Å². The molecule has 2 N–H and O–H groups in total. The average Bonchev–Trinajstić information content (AvgIpc) is 3.12. The molecule has 1 aromatic heterocycles. The summed E-state index contributed by atoms with van der Waals surface area (Å²) in [6.45, 7) is 2.98. The second-order valence-corrected chi connectivity index (χ2v) is 6.45. The van der Waals surface area contributed by atoms with Crippen molar-refractivity contribution in [3.8, 4) is 11.1 Å². The van der Waals surface area contributed by atoms with E-state index in [1.54, 1.807) is 18.3 Å². The Morgan fingerprint density at radius 1 is 1.12 bits per heavy atom. The fourth-order valence-corrected chi connectivity index (χ4v) is 3.36. The summed E-state index contributed by atoms with van der Waals surface area (Å²) in [5, 5.41) is 16.4. The van der Waals surface area contributed by atoms with Crippen LogP contribution in [0.1, 0.15) is 27.5 Å². The summed E-state index contributed by atoms with van der Waals surface area (Å²) in [5.41, 5.74) is 4.46. The number of carbonyl (C=O) groups is 1. The number of benzene rings is 2. The van der Waals surface area contributed by atoms with E-state index in [0.29, 0.717) is 11.5 Å². The Balaban J connectivity index is 1.42. The van der Waals surface area contributed by atoms with E-state index in [-0.39, 0.29) is 0 Å². The van der Waals surface area contributed by atoms with Crippen LogP contribution in [0.25, 0.3) is 11.1 Å². The molecule has 0 atom stereocenters. The van der Waals surface area contributed by atoms with Crippen LogP contribution in [0, 0.1) is 0 Å². The average molecular weight is 333 g/mol. The molecule has 0 saturated carbocycles. The van der Waals surface area contributed by atoms with Gasteiger partial charge in [-0.25, -0.2) is 4.79 Å². The van der Waals surface area contributed by atoms with Crippen LogP contribution >= 0.6 is 0 Å². The molecule has 1 fully saturated rings. The lowest BCUT2D eigenvalue weighted by Crippen LogP contribution is -2.44. The minimum Gasteiger partial charge on any atom is -0.478 e. The van der Waals surface area contributed by atoms with E-state index in [9.17, 15) is 9.90 Å². The van der Waals surface area contributed by atoms with Crippen molar-refractivity contribution in [1.29, 1.82) is 0 Å². The van der Waals surface area contributed by atoms with Gasteiger partial charge in [0.1, 0.15) is 0 Å². The molecule has 3 aromatic rings. The van der Waals surface area contributed by atoms with E-state index in [4.69, 9.17) is 0 Å². The molecule has 1 aliphatic heterocycles. The van der Waals surface area contributed by atoms with E-state index in [0.717, 1.165) is 30.8 Å². The maximum Gasteiger partial charge on any atom is 0.336 e. The lowest BCUT2D eigenvalue weighted by atomic mass is 9.95. The van der Waals surface area contributed by atoms with Crippen molar-refractivity contribution in [3.05, 3.63) is 77.6 Å². The minimum atomic E-state index is -0.898. The molecule has 1 aliphatic rings. The molecule has 0 unspecified atom stereocenters. The molecule has 2 aromatic carbocycles.